The fraction of sp³-hybridized carbons (Fsp3) is 0.0476. The van der Waals surface area contributed by atoms with Crippen LogP contribution in [0, 0.1) is 6.92 Å². The topological polar surface area (TPSA) is 0 Å². The molecule has 0 saturated heterocycles. The van der Waals surface area contributed by atoms with Crippen molar-refractivity contribution < 1.29 is 0 Å². The van der Waals surface area contributed by atoms with Crippen LogP contribution < -0.4 is 0 Å². The number of hydrogen-bond acceptors (Lipinski definition) is 1. The van der Waals surface area contributed by atoms with Gasteiger partial charge in [0.15, 0.2) is 0 Å². The summed E-state index contributed by atoms with van der Waals surface area (Å²) < 4.78 is 2.79. The maximum Gasteiger partial charge on any atom is 0.0434 e. The van der Waals surface area contributed by atoms with Gasteiger partial charge in [-0.2, -0.15) is 0 Å². The monoisotopic (exact) mass is 298 g/mol. The zero-order chi connectivity index (χ0) is 14.7. The highest BCUT2D eigenvalue weighted by atomic mass is 32.1. The Kier molecular flexibility index (Phi) is 2.39. The highest BCUT2D eigenvalue weighted by Gasteiger charge is 2.09. The van der Waals surface area contributed by atoms with Crippen LogP contribution in [0.2, 0.25) is 0 Å². The Morgan fingerprint density at radius 1 is 0.636 bits per heavy atom. The van der Waals surface area contributed by atoms with E-state index in [1.54, 1.807) is 0 Å². The van der Waals surface area contributed by atoms with E-state index in [1.165, 1.54) is 47.3 Å². The molecule has 5 rings (SSSR count). The summed E-state index contributed by atoms with van der Waals surface area (Å²) in [6.45, 7) is 2.16. The second kappa shape index (κ2) is 4.31. The van der Waals surface area contributed by atoms with E-state index in [1.807, 2.05) is 11.3 Å². The van der Waals surface area contributed by atoms with Gasteiger partial charge in [0.05, 0.1) is 0 Å². The van der Waals surface area contributed by atoms with Gasteiger partial charge in [-0.3, -0.25) is 0 Å². The van der Waals surface area contributed by atoms with Gasteiger partial charge < -0.3 is 0 Å². The molecule has 4 aromatic carbocycles. The Morgan fingerprint density at radius 2 is 1.41 bits per heavy atom. The van der Waals surface area contributed by atoms with Crippen molar-refractivity contribution in [3.8, 4) is 0 Å². The number of hydrogen-bond donors (Lipinski definition) is 0. The van der Waals surface area contributed by atoms with E-state index >= 15 is 0 Å². The molecule has 0 atom stereocenters. The van der Waals surface area contributed by atoms with E-state index in [0.29, 0.717) is 0 Å². The van der Waals surface area contributed by atoms with Gasteiger partial charge in [-0.05, 0) is 46.8 Å². The third kappa shape index (κ3) is 1.63. The van der Waals surface area contributed by atoms with Gasteiger partial charge in [0, 0.05) is 25.6 Å². The number of rotatable bonds is 0. The molecule has 0 bridgehead atoms. The van der Waals surface area contributed by atoms with Crippen molar-refractivity contribution >= 4 is 53.1 Å². The molecule has 0 nitrogen and oxygen atoms in total. The second-order valence-electron chi connectivity index (χ2n) is 5.96. The maximum absolute atomic E-state index is 2.34. The molecule has 1 heteroatoms. The van der Waals surface area contributed by atoms with Crippen LogP contribution >= 0.6 is 11.3 Å². The van der Waals surface area contributed by atoms with Crippen LogP contribution in [0.4, 0.5) is 0 Å². The lowest BCUT2D eigenvalue weighted by molar-refractivity contribution is 1.52. The lowest BCUT2D eigenvalue weighted by Gasteiger charge is -2.03. The predicted molar refractivity (Wildman–Crippen MR) is 99.1 cm³/mol. The Morgan fingerprint density at radius 3 is 2.27 bits per heavy atom. The molecule has 0 aliphatic heterocycles. The molecular formula is C21H14S. The van der Waals surface area contributed by atoms with Gasteiger partial charge >= 0.3 is 0 Å². The molecule has 1 aromatic heterocycles. The van der Waals surface area contributed by atoms with Crippen molar-refractivity contribution in [2.45, 2.75) is 6.92 Å². The summed E-state index contributed by atoms with van der Waals surface area (Å²) in [5.41, 5.74) is 1.33. The third-order valence-electron chi connectivity index (χ3n) is 4.48. The molecule has 0 aliphatic carbocycles. The lowest BCUT2D eigenvalue weighted by Crippen LogP contribution is -1.76. The minimum atomic E-state index is 1.31. The predicted octanol–water partition coefficient (Wildman–Crippen LogP) is 6.67. The molecule has 0 unspecified atom stereocenters. The zero-order valence-electron chi connectivity index (χ0n) is 12.3. The van der Waals surface area contributed by atoms with Crippen molar-refractivity contribution in [1.82, 2.24) is 0 Å². The van der Waals surface area contributed by atoms with Crippen LogP contribution in [-0.2, 0) is 0 Å². The lowest BCUT2D eigenvalue weighted by atomic mass is 10.0. The van der Waals surface area contributed by atoms with Gasteiger partial charge in [0.25, 0.3) is 0 Å². The first-order valence-electron chi connectivity index (χ1n) is 7.54. The molecule has 1 heterocycles. The molecule has 22 heavy (non-hydrogen) atoms. The van der Waals surface area contributed by atoms with Crippen molar-refractivity contribution in [2.75, 3.05) is 0 Å². The molecule has 0 aliphatic rings. The maximum atomic E-state index is 2.34. The SMILES string of the molecule is Cc1ccc2c(c1)sc1c3cc4ccccc4cc3ccc21. The molecule has 0 saturated carbocycles. The molecule has 5 aromatic rings. The highest BCUT2D eigenvalue weighted by molar-refractivity contribution is 7.26. The second-order valence-corrected chi connectivity index (χ2v) is 7.02. The summed E-state index contributed by atoms with van der Waals surface area (Å²) in [7, 11) is 0. The van der Waals surface area contributed by atoms with Crippen molar-refractivity contribution in [3.05, 3.63) is 72.3 Å². The zero-order valence-corrected chi connectivity index (χ0v) is 13.1. The van der Waals surface area contributed by atoms with E-state index in [4.69, 9.17) is 0 Å². The average Bonchev–Trinajstić information content (AvgIpc) is 2.91. The van der Waals surface area contributed by atoms with Crippen LogP contribution in [0.25, 0.3) is 41.7 Å². The van der Waals surface area contributed by atoms with Crippen LogP contribution in [0.3, 0.4) is 0 Å². The summed E-state index contributed by atoms with van der Waals surface area (Å²) in [5, 5.41) is 8.08. The minimum Gasteiger partial charge on any atom is -0.135 e. The molecule has 0 spiro atoms. The van der Waals surface area contributed by atoms with Crippen LogP contribution in [0.15, 0.2) is 66.7 Å². The number of benzene rings is 4. The summed E-state index contributed by atoms with van der Waals surface area (Å²) in [6, 6.07) is 24.6. The first kappa shape index (κ1) is 12.2. The fourth-order valence-corrected chi connectivity index (χ4v) is 4.68. The highest BCUT2D eigenvalue weighted by Crippen LogP contribution is 2.39. The summed E-state index contributed by atoms with van der Waals surface area (Å²) >= 11 is 1.91. The van der Waals surface area contributed by atoms with E-state index in [2.05, 4.69) is 73.7 Å². The Hall–Kier alpha value is -2.38. The summed E-state index contributed by atoms with van der Waals surface area (Å²) in [4.78, 5) is 0. The standard InChI is InChI=1S/C21H14S/c1-13-6-8-17-18-9-7-16-11-14-4-2-3-5-15(14)12-19(16)21(18)22-20(17)10-13/h2-12H,1H3. The van der Waals surface area contributed by atoms with E-state index in [0.717, 1.165) is 0 Å². The van der Waals surface area contributed by atoms with Crippen molar-refractivity contribution in [2.24, 2.45) is 0 Å². The largest absolute Gasteiger partial charge is 0.135 e. The van der Waals surface area contributed by atoms with Crippen molar-refractivity contribution in [3.63, 3.8) is 0 Å². The summed E-state index contributed by atoms with van der Waals surface area (Å²) in [6.07, 6.45) is 0. The average molecular weight is 298 g/mol. The van der Waals surface area contributed by atoms with Gasteiger partial charge in [-0.15, -0.1) is 11.3 Å². The quantitative estimate of drug-likeness (QED) is 0.280. The van der Waals surface area contributed by atoms with E-state index in [-0.39, 0.29) is 0 Å². The first-order chi connectivity index (χ1) is 10.8. The fourth-order valence-electron chi connectivity index (χ4n) is 3.35. The first-order valence-corrected chi connectivity index (χ1v) is 8.36. The van der Waals surface area contributed by atoms with Crippen molar-refractivity contribution in [1.29, 1.82) is 0 Å². The Labute approximate surface area is 132 Å². The molecule has 0 radical (unpaired) electrons. The smallest absolute Gasteiger partial charge is 0.0434 e. The Balaban J connectivity index is 2.01. The summed E-state index contributed by atoms with van der Waals surface area (Å²) in [5.74, 6) is 0. The number of aryl methyl sites for hydroxylation is 1. The third-order valence-corrected chi connectivity index (χ3v) is 5.68. The van der Waals surface area contributed by atoms with Crippen LogP contribution in [0.5, 0.6) is 0 Å². The van der Waals surface area contributed by atoms with Gasteiger partial charge in [-0.25, -0.2) is 0 Å². The number of thiophene rings is 1. The Bertz CT molecular complexity index is 1180. The molecule has 0 fully saturated rings. The molecule has 0 N–H and O–H groups in total. The normalized spacial score (nSPS) is 11.9. The van der Waals surface area contributed by atoms with Gasteiger partial charge in [0.2, 0.25) is 0 Å². The minimum absolute atomic E-state index is 1.31. The van der Waals surface area contributed by atoms with Crippen LogP contribution in [0.1, 0.15) is 5.56 Å². The van der Waals surface area contributed by atoms with Gasteiger partial charge in [0.1, 0.15) is 0 Å². The van der Waals surface area contributed by atoms with Crippen LogP contribution in [-0.4, -0.2) is 0 Å². The number of fused-ring (bicyclic) bond motifs is 6. The molecule has 0 amide bonds. The van der Waals surface area contributed by atoms with E-state index < -0.39 is 0 Å². The van der Waals surface area contributed by atoms with E-state index in [9.17, 15) is 0 Å². The molecule has 104 valence electrons. The molecular weight excluding hydrogens is 284 g/mol. The van der Waals surface area contributed by atoms with Gasteiger partial charge in [-0.1, -0.05) is 48.5 Å².